The van der Waals surface area contributed by atoms with E-state index in [9.17, 15) is 10.1 Å². The lowest BCUT2D eigenvalue weighted by Gasteiger charge is -2.40. The minimum absolute atomic E-state index is 0. The van der Waals surface area contributed by atoms with Gasteiger partial charge in [0.25, 0.3) is 0 Å². The first kappa shape index (κ1) is 19.2. The number of hydrogen-bond acceptors (Lipinski definition) is 6. The van der Waals surface area contributed by atoms with E-state index in [2.05, 4.69) is 40.1 Å². The molecule has 134 valence electrons. The zero-order valence-corrected chi connectivity index (χ0v) is 15.5. The fourth-order valence-electron chi connectivity index (χ4n) is 3.23. The Morgan fingerprint density at radius 2 is 2.08 bits per heavy atom. The molecule has 1 fully saturated rings. The molecule has 0 aromatic carbocycles. The summed E-state index contributed by atoms with van der Waals surface area (Å²) in [6.45, 7) is 5.90. The minimum Gasteiger partial charge on any atom is -0.349 e. The van der Waals surface area contributed by atoms with E-state index in [4.69, 9.17) is 0 Å². The summed E-state index contributed by atoms with van der Waals surface area (Å²) >= 11 is 0. The highest BCUT2D eigenvalue weighted by molar-refractivity contribution is 5.86. The van der Waals surface area contributed by atoms with Crippen LogP contribution >= 0.6 is 12.4 Å². The van der Waals surface area contributed by atoms with Crippen molar-refractivity contribution in [1.29, 1.82) is 5.26 Å². The average molecular weight is 363 g/mol. The molecule has 0 amide bonds. The van der Waals surface area contributed by atoms with Crippen molar-refractivity contribution in [1.82, 2.24) is 19.9 Å². The summed E-state index contributed by atoms with van der Waals surface area (Å²) in [5.41, 5.74) is 1.35. The van der Waals surface area contributed by atoms with Crippen molar-refractivity contribution in [2.45, 2.75) is 38.8 Å². The summed E-state index contributed by atoms with van der Waals surface area (Å²) in [4.78, 5) is 23.2. The summed E-state index contributed by atoms with van der Waals surface area (Å²) < 4.78 is 1.48. The zero-order valence-electron chi connectivity index (χ0n) is 14.7. The highest BCUT2D eigenvalue weighted by atomic mass is 35.5. The van der Waals surface area contributed by atoms with E-state index < -0.39 is 0 Å². The Labute approximate surface area is 153 Å². The summed E-state index contributed by atoms with van der Waals surface area (Å²) in [7, 11) is 1.68. The number of fused-ring (bicyclic) bond motifs is 1. The molecular weight excluding hydrogens is 340 g/mol. The van der Waals surface area contributed by atoms with Gasteiger partial charge in [-0.3, -0.25) is 4.57 Å². The number of nitrogens with zero attached hydrogens (tertiary/aromatic N) is 5. The van der Waals surface area contributed by atoms with Crippen LogP contribution < -0.4 is 15.9 Å². The van der Waals surface area contributed by atoms with E-state index in [0.717, 1.165) is 25.9 Å². The van der Waals surface area contributed by atoms with Gasteiger partial charge >= 0.3 is 5.69 Å². The van der Waals surface area contributed by atoms with E-state index in [-0.39, 0.29) is 24.1 Å². The molecule has 0 saturated carbocycles. The molecule has 0 spiro atoms. The van der Waals surface area contributed by atoms with Crippen LogP contribution in [0.3, 0.4) is 0 Å². The first-order chi connectivity index (χ1) is 11.6. The van der Waals surface area contributed by atoms with Crippen molar-refractivity contribution in [3.63, 3.8) is 0 Å². The molecule has 0 aliphatic carbocycles. The fraction of sp³-hybridized carbons (Fsp3) is 0.529. The Morgan fingerprint density at radius 3 is 2.72 bits per heavy atom. The van der Waals surface area contributed by atoms with Crippen molar-refractivity contribution in [2.75, 3.05) is 18.0 Å². The van der Waals surface area contributed by atoms with Crippen molar-refractivity contribution >= 4 is 29.3 Å². The number of anilines is 1. The SMILES string of the molecule is CCC1CN(c2nc(=O)n(C)c3ccc(C#N)nc23)[C@@H](CC)CN1.Cl. The third kappa shape index (κ3) is 3.46. The van der Waals surface area contributed by atoms with Crippen LogP contribution in [0.15, 0.2) is 16.9 Å². The zero-order chi connectivity index (χ0) is 17.3. The van der Waals surface area contributed by atoms with E-state index in [1.807, 2.05) is 0 Å². The van der Waals surface area contributed by atoms with Crippen LogP contribution in [-0.2, 0) is 7.05 Å². The summed E-state index contributed by atoms with van der Waals surface area (Å²) in [6, 6.07) is 6.08. The van der Waals surface area contributed by atoms with Gasteiger partial charge < -0.3 is 10.2 Å². The minimum atomic E-state index is -0.301. The highest BCUT2D eigenvalue weighted by Gasteiger charge is 2.29. The van der Waals surface area contributed by atoms with Crippen LogP contribution in [0.5, 0.6) is 0 Å². The van der Waals surface area contributed by atoms with Crippen LogP contribution in [0.2, 0.25) is 0 Å². The number of nitrogens with one attached hydrogen (secondary N) is 1. The van der Waals surface area contributed by atoms with E-state index >= 15 is 0 Å². The Balaban J connectivity index is 0.00000225. The molecule has 8 heteroatoms. The molecule has 1 saturated heterocycles. The molecule has 1 aliphatic heterocycles. The average Bonchev–Trinajstić information content (AvgIpc) is 2.63. The molecule has 25 heavy (non-hydrogen) atoms. The number of nitriles is 1. The summed E-state index contributed by atoms with van der Waals surface area (Å²) in [5.74, 6) is 0.594. The molecule has 3 rings (SSSR count). The first-order valence-electron chi connectivity index (χ1n) is 8.36. The number of aryl methyl sites for hydroxylation is 1. The second-order valence-corrected chi connectivity index (χ2v) is 6.18. The predicted molar refractivity (Wildman–Crippen MR) is 100 cm³/mol. The van der Waals surface area contributed by atoms with E-state index in [0.29, 0.717) is 28.6 Å². The van der Waals surface area contributed by atoms with Gasteiger partial charge in [-0.25, -0.2) is 9.78 Å². The third-order valence-electron chi connectivity index (χ3n) is 4.79. The lowest BCUT2D eigenvalue weighted by atomic mass is 10.0. The highest BCUT2D eigenvalue weighted by Crippen LogP contribution is 2.26. The Hall–Kier alpha value is -2.17. The molecule has 0 bridgehead atoms. The van der Waals surface area contributed by atoms with Crippen molar-refractivity contribution in [2.24, 2.45) is 7.05 Å². The largest absolute Gasteiger partial charge is 0.349 e. The van der Waals surface area contributed by atoms with Gasteiger partial charge in [0.15, 0.2) is 5.82 Å². The Morgan fingerprint density at radius 1 is 1.32 bits per heavy atom. The van der Waals surface area contributed by atoms with Crippen LogP contribution in [0, 0.1) is 11.3 Å². The van der Waals surface area contributed by atoms with Gasteiger partial charge in [-0.1, -0.05) is 13.8 Å². The Bertz CT molecular complexity index is 859. The maximum Gasteiger partial charge on any atom is 0.349 e. The molecule has 7 nitrogen and oxygen atoms in total. The van der Waals surface area contributed by atoms with Gasteiger partial charge in [-0.05, 0) is 25.0 Å². The number of aromatic nitrogens is 3. The molecule has 2 aromatic heterocycles. The van der Waals surface area contributed by atoms with E-state index in [1.165, 1.54) is 4.57 Å². The smallest absolute Gasteiger partial charge is 0.349 e. The molecule has 2 aromatic rings. The van der Waals surface area contributed by atoms with Gasteiger partial charge in [0.1, 0.15) is 17.3 Å². The van der Waals surface area contributed by atoms with Gasteiger partial charge in [-0.15, -0.1) is 12.4 Å². The summed E-state index contributed by atoms with van der Waals surface area (Å²) in [6.07, 6.45) is 1.95. The van der Waals surface area contributed by atoms with E-state index in [1.54, 1.807) is 19.2 Å². The van der Waals surface area contributed by atoms with Crippen LogP contribution in [0.25, 0.3) is 11.0 Å². The third-order valence-corrected chi connectivity index (χ3v) is 4.79. The van der Waals surface area contributed by atoms with Crippen molar-refractivity contribution < 1.29 is 0 Å². The fourth-order valence-corrected chi connectivity index (χ4v) is 3.23. The maximum atomic E-state index is 12.3. The lowest BCUT2D eigenvalue weighted by molar-refractivity contribution is 0.377. The molecular formula is C17H23ClN6O. The molecule has 0 radical (unpaired) electrons. The molecule has 2 atom stereocenters. The van der Waals surface area contributed by atoms with Gasteiger partial charge in [0, 0.05) is 32.2 Å². The normalized spacial score (nSPS) is 20.2. The topological polar surface area (TPSA) is 86.8 Å². The summed E-state index contributed by atoms with van der Waals surface area (Å²) in [5, 5.41) is 12.7. The second-order valence-electron chi connectivity index (χ2n) is 6.18. The second kappa shape index (κ2) is 7.81. The Kier molecular flexibility index (Phi) is 5.98. The van der Waals surface area contributed by atoms with Crippen LogP contribution in [0.1, 0.15) is 32.4 Å². The first-order valence-corrected chi connectivity index (χ1v) is 8.36. The van der Waals surface area contributed by atoms with Gasteiger partial charge in [-0.2, -0.15) is 10.2 Å². The van der Waals surface area contributed by atoms with Crippen molar-refractivity contribution in [3.8, 4) is 6.07 Å². The number of piperazine rings is 1. The molecule has 1 unspecified atom stereocenters. The molecule has 1 N–H and O–H groups in total. The standard InChI is InChI=1S/C17H22N6O.ClH/c1-4-11-10-23(13(5-2)9-19-11)16-15-14(22(3)17(24)21-16)7-6-12(8-18)20-15;/h6-7,11,13,19H,4-5,9-10H2,1-3H3;1H/t11?,13-;/m0./s1. The number of rotatable bonds is 3. The predicted octanol–water partition coefficient (Wildman–Crippen LogP) is 1.59. The van der Waals surface area contributed by atoms with Gasteiger partial charge in [0.2, 0.25) is 0 Å². The number of pyridine rings is 1. The van der Waals surface area contributed by atoms with Crippen molar-refractivity contribution in [3.05, 3.63) is 28.3 Å². The quantitative estimate of drug-likeness (QED) is 0.892. The van der Waals surface area contributed by atoms with Crippen LogP contribution in [0.4, 0.5) is 5.82 Å². The number of halogens is 1. The van der Waals surface area contributed by atoms with Gasteiger partial charge in [0.05, 0.1) is 5.52 Å². The lowest BCUT2D eigenvalue weighted by Crippen LogP contribution is -2.57. The molecule has 1 aliphatic rings. The number of hydrogen-bond donors (Lipinski definition) is 1. The molecule has 3 heterocycles. The maximum absolute atomic E-state index is 12.3. The van der Waals surface area contributed by atoms with Crippen LogP contribution in [-0.4, -0.2) is 39.7 Å². The monoisotopic (exact) mass is 362 g/mol.